The Labute approximate surface area is 85.1 Å². The van der Waals surface area contributed by atoms with Gasteiger partial charge in [-0.1, -0.05) is 25.1 Å². The second-order valence-electron chi connectivity index (χ2n) is 3.98. The van der Waals surface area contributed by atoms with Crippen molar-refractivity contribution in [3.63, 3.8) is 0 Å². The van der Waals surface area contributed by atoms with Gasteiger partial charge in [0.1, 0.15) is 5.78 Å². The number of ketones is 1. The van der Waals surface area contributed by atoms with Crippen LogP contribution in [0.1, 0.15) is 36.5 Å². The van der Waals surface area contributed by atoms with Gasteiger partial charge < -0.3 is 0 Å². The molecule has 0 saturated heterocycles. The van der Waals surface area contributed by atoms with E-state index in [1.165, 1.54) is 16.7 Å². The molecule has 0 unspecified atom stereocenters. The van der Waals surface area contributed by atoms with E-state index in [2.05, 4.69) is 25.1 Å². The van der Waals surface area contributed by atoms with Crippen LogP contribution in [-0.2, 0) is 24.1 Å². The van der Waals surface area contributed by atoms with Crippen LogP contribution in [0.25, 0.3) is 0 Å². The van der Waals surface area contributed by atoms with Crippen LogP contribution >= 0.6 is 0 Å². The molecule has 0 bridgehead atoms. The van der Waals surface area contributed by atoms with Gasteiger partial charge in [-0.25, -0.2) is 0 Å². The van der Waals surface area contributed by atoms with Gasteiger partial charge in [0.05, 0.1) is 0 Å². The van der Waals surface area contributed by atoms with E-state index in [-0.39, 0.29) is 0 Å². The van der Waals surface area contributed by atoms with Crippen LogP contribution in [0.4, 0.5) is 0 Å². The molecule has 0 fully saturated rings. The zero-order valence-electron chi connectivity index (χ0n) is 8.68. The molecule has 1 aromatic carbocycles. The SMILES string of the molecule is CCc1cccc2c1CCCC(=O)C2. The summed E-state index contributed by atoms with van der Waals surface area (Å²) in [5.41, 5.74) is 4.14. The van der Waals surface area contributed by atoms with Gasteiger partial charge in [0.25, 0.3) is 0 Å². The summed E-state index contributed by atoms with van der Waals surface area (Å²) in [6.07, 6.45) is 4.62. The highest BCUT2D eigenvalue weighted by Crippen LogP contribution is 2.22. The lowest BCUT2D eigenvalue weighted by atomic mass is 9.96. The maximum absolute atomic E-state index is 11.4. The highest BCUT2D eigenvalue weighted by molar-refractivity contribution is 5.81. The number of aryl methyl sites for hydroxylation is 1. The van der Waals surface area contributed by atoms with E-state index in [0.29, 0.717) is 12.2 Å². The smallest absolute Gasteiger partial charge is 0.137 e. The van der Waals surface area contributed by atoms with Crippen LogP contribution in [0.5, 0.6) is 0 Å². The number of carbonyl (C=O) groups excluding carboxylic acids is 1. The van der Waals surface area contributed by atoms with Gasteiger partial charge in [-0.2, -0.15) is 0 Å². The summed E-state index contributed by atoms with van der Waals surface area (Å²) in [7, 11) is 0. The van der Waals surface area contributed by atoms with Crippen LogP contribution in [0.2, 0.25) is 0 Å². The van der Waals surface area contributed by atoms with E-state index in [9.17, 15) is 4.79 Å². The second kappa shape index (κ2) is 3.95. The first-order valence-electron chi connectivity index (χ1n) is 5.42. The maximum atomic E-state index is 11.4. The van der Waals surface area contributed by atoms with Crippen molar-refractivity contribution in [2.24, 2.45) is 0 Å². The third-order valence-corrected chi connectivity index (χ3v) is 3.02. The monoisotopic (exact) mass is 188 g/mol. The first-order valence-corrected chi connectivity index (χ1v) is 5.42. The molecule has 0 amide bonds. The van der Waals surface area contributed by atoms with Gasteiger partial charge in [-0.3, -0.25) is 4.79 Å². The van der Waals surface area contributed by atoms with Crippen molar-refractivity contribution in [3.05, 3.63) is 34.9 Å². The molecule has 0 N–H and O–H groups in total. The lowest BCUT2D eigenvalue weighted by Crippen LogP contribution is -2.01. The molecular formula is C13H16O. The fraction of sp³-hybridized carbons (Fsp3) is 0.462. The van der Waals surface area contributed by atoms with Crippen molar-refractivity contribution < 1.29 is 4.79 Å². The summed E-state index contributed by atoms with van der Waals surface area (Å²) in [6, 6.07) is 6.38. The van der Waals surface area contributed by atoms with Crippen molar-refractivity contribution in [3.8, 4) is 0 Å². The number of hydrogen-bond acceptors (Lipinski definition) is 1. The lowest BCUT2D eigenvalue weighted by Gasteiger charge is -2.09. The molecule has 0 saturated carbocycles. The van der Waals surface area contributed by atoms with Crippen LogP contribution in [0.15, 0.2) is 18.2 Å². The number of Topliss-reactive ketones (excluding diaryl/α,β-unsaturated/α-hetero) is 1. The van der Waals surface area contributed by atoms with Crippen molar-refractivity contribution in [2.75, 3.05) is 0 Å². The van der Waals surface area contributed by atoms with Gasteiger partial charge in [-0.05, 0) is 36.0 Å². The van der Waals surface area contributed by atoms with E-state index in [1.54, 1.807) is 0 Å². The Hall–Kier alpha value is -1.11. The fourth-order valence-electron chi connectivity index (χ4n) is 2.27. The van der Waals surface area contributed by atoms with E-state index in [1.807, 2.05) is 0 Å². The van der Waals surface area contributed by atoms with Crippen LogP contribution in [-0.4, -0.2) is 5.78 Å². The molecule has 1 aromatic rings. The Balaban J connectivity index is 2.43. The number of fused-ring (bicyclic) bond motifs is 1. The Morgan fingerprint density at radius 1 is 1.29 bits per heavy atom. The Bertz CT molecular complexity index is 352. The average molecular weight is 188 g/mol. The van der Waals surface area contributed by atoms with E-state index in [4.69, 9.17) is 0 Å². The largest absolute Gasteiger partial charge is 0.299 e. The standard InChI is InChI=1S/C13H16O/c1-2-10-5-3-6-11-9-12(14)7-4-8-13(10)11/h3,5-6H,2,4,7-9H2,1H3. The molecule has 0 atom stereocenters. The molecule has 0 heterocycles. The molecule has 14 heavy (non-hydrogen) atoms. The van der Waals surface area contributed by atoms with Crippen LogP contribution < -0.4 is 0 Å². The van der Waals surface area contributed by atoms with Gasteiger partial charge in [-0.15, -0.1) is 0 Å². The van der Waals surface area contributed by atoms with Crippen molar-refractivity contribution in [1.82, 2.24) is 0 Å². The summed E-state index contributed by atoms with van der Waals surface area (Å²) in [6.45, 7) is 2.18. The molecule has 0 spiro atoms. The molecule has 1 heteroatoms. The fourth-order valence-corrected chi connectivity index (χ4v) is 2.27. The topological polar surface area (TPSA) is 17.1 Å². The van der Waals surface area contributed by atoms with E-state index >= 15 is 0 Å². The maximum Gasteiger partial charge on any atom is 0.137 e. The lowest BCUT2D eigenvalue weighted by molar-refractivity contribution is -0.118. The zero-order chi connectivity index (χ0) is 9.97. The van der Waals surface area contributed by atoms with Gasteiger partial charge in [0.15, 0.2) is 0 Å². The molecule has 0 radical (unpaired) electrons. The molecule has 1 nitrogen and oxygen atoms in total. The first kappa shape index (κ1) is 9.45. The Kier molecular flexibility index (Phi) is 2.67. The molecule has 74 valence electrons. The summed E-state index contributed by atoms with van der Waals surface area (Å²) in [4.78, 5) is 11.4. The quantitative estimate of drug-likeness (QED) is 0.619. The van der Waals surface area contributed by atoms with Crippen LogP contribution in [0, 0.1) is 0 Å². The molecule has 0 aliphatic heterocycles. The predicted molar refractivity (Wildman–Crippen MR) is 57.5 cm³/mol. The third kappa shape index (κ3) is 1.72. The minimum atomic E-state index is 0.400. The highest BCUT2D eigenvalue weighted by Gasteiger charge is 2.14. The van der Waals surface area contributed by atoms with Crippen LogP contribution in [0.3, 0.4) is 0 Å². The number of benzene rings is 1. The highest BCUT2D eigenvalue weighted by atomic mass is 16.1. The number of rotatable bonds is 1. The second-order valence-corrected chi connectivity index (χ2v) is 3.98. The molecule has 2 rings (SSSR count). The third-order valence-electron chi connectivity index (χ3n) is 3.02. The normalized spacial score (nSPS) is 16.2. The Morgan fingerprint density at radius 3 is 2.93 bits per heavy atom. The molecule has 1 aliphatic rings. The van der Waals surface area contributed by atoms with Gasteiger partial charge in [0, 0.05) is 12.8 Å². The average Bonchev–Trinajstić information content (AvgIpc) is 2.37. The number of hydrogen-bond donors (Lipinski definition) is 0. The summed E-state index contributed by atoms with van der Waals surface area (Å²) in [5, 5.41) is 0. The van der Waals surface area contributed by atoms with Gasteiger partial charge >= 0.3 is 0 Å². The molecular weight excluding hydrogens is 172 g/mol. The van der Waals surface area contributed by atoms with Crippen molar-refractivity contribution >= 4 is 5.78 Å². The first-order chi connectivity index (χ1) is 6.81. The molecule has 1 aliphatic carbocycles. The summed E-state index contributed by atoms with van der Waals surface area (Å²) >= 11 is 0. The Morgan fingerprint density at radius 2 is 2.14 bits per heavy atom. The summed E-state index contributed by atoms with van der Waals surface area (Å²) < 4.78 is 0. The minimum absolute atomic E-state index is 0.400. The van der Waals surface area contributed by atoms with E-state index in [0.717, 1.165) is 25.7 Å². The number of carbonyl (C=O) groups is 1. The van der Waals surface area contributed by atoms with E-state index < -0.39 is 0 Å². The summed E-state index contributed by atoms with van der Waals surface area (Å²) in [5.74, 6) is 0.400. The molecule has 0 aromatic heterocycles. The van der Waals surface area contributed by atoms with Crippen molar-refractivity contribution in [2.45, 2.75) is 39.0 Å². The van der Waals surface area contributed by atoms with Crippen molar-refractivity contribution in [1.29, 1.82) is 0 Å². The predicted octanol–water partition coefficient (Wildman–Crippen LogP) is 2.70. The zero-order valence-corrected chi connectivity index (χ0v) is 8.68. The minimum Gasteiger partial charge on any atom is -0.299 e. The van der Waals surface area contributed by atoms with Gasteiger partial charge in [0.2, 0.25) is 0 Å².